The zero-order chi connectivity index (χ0) is 17.4. The molecule has 0 spiro atoms. The predicted molar refractivity (Wildman–Crippen MR) is 97.9 cm³/mol. The van der Waals surface area contributed by atoms with Crippen molar-refractivity contribution in [2.24, 2.45) is 17.3 Å². The Kier molecular flexibility index (Phi) is 4.44. The minimum absolute atomic E-state index is 0.186. The second-order valence-electron chi connectivity index (χ2n) is 8.54. The van der Waals surface area contributed by atoms with Crippen LogP contribution in [0.25, 0.3) is 0 Å². The largest absolute Gasteiger partial charge is 0.340 e. The molecule has 2 heterocycles. The minimum Gasteiger partial charge on any atom is -0.340 e. The number of amides is 1. The fourth-order valence-corrected chi connectivity index (χ4v) is 4.93. The summed E-state index contributed by atoms with van der Waals surface area (Å²) in [5, 5.41) is 4.14. The molecule has 136 valence electrons. The van der Waals surface area contributed by atoms with Gasteiger partial charge in [-0.1, -0.05) is 25.5 Å². The van der Waals surface area contributed by atoms with Crippen molar-refractivity contribution in [1.82, 2.24) is 19.6 Å². The molecular weight excluding hydrogens is 312 g/mol. The maximum Gasteiger partial charge on any atom is 0.244 e. The number of allylic oxidation sites excluding steroid dienone is 1. The molecule has 3 aliphatic carbocycles. The van der Waals surface area contributed by atoms with Gasteiger partial charge in [0.1, 0.15) is 6.54 Å². The summed E-state index contributed by atoms with van der Waals surface area (Å²) in [5.41, 5.74) is 2.16. The normalized spacial score (nSPS) is 28.9. The third-order valence-electron chi connectivity index (χ3n) is 6.79. The van der Waals surface area contributed by atoms with Crippen LogP contribution in [0.15, 0.2) is 30.1 Å². The molecule has 5 heteroatoms. The van der Waals surface area contributed by atoms with Gasteiger partial charge in [-0.15, -0.1) is 0 Å². The lowest BCUT2D eigenvalue weighted by atomic mass is 9.49. The highest BCUT2D eigenvalue weighted by Gasteiger charge is 2.51. The first kappa shape index (κ1) is 16.8. The Bertz CT molecular complexity index is 649. The van der Waals surface area contributed by atoms with Crippen LogP contribution < -0.4 is 0 Å². The molecule has 4 aliphatic rings. The second kappa shape index (κ2) is 6.60. The molecule has 0 aromatic carbocycles. The standard InChI is InChI=1S/C20H30N4O/c1-20(2)17-6-5-16(18(20)13-17)14-22-8-4-9-23(12-11-22)19(25)15-24-10-3-7-21-24/h3,5,7,10,17-18H,4,6,8-9,11-15H2,1-2H3/t17-,18-/m0/s1. The molecule has 2 atom stereocenters. The molecule has 0 radical (unpaired) electrons. The molecule has 1 aliphatic heterocycles. The van der Waals surface area contributed by atoms with Crippen molar-refractivity contribution in [3.05, 3.63) is 30.1 Å². The Labute approximate surface area is 150 Å². The van der Waals surface area contributed by atoms with Crippen LogP contribution in [-0.4, -0.2) is 58.2 Å². The van der Waals surface area contributed by atoms with Crippen molar-refractivity contribution in [3.8, 4) is 0 Å². The second-order valence-corrected chi connectivity index (χ2v) is 8.54. The lowest BCUT2D eigenvalue weighted by Crippen LogP contribution is -2.50. The molecule has 2 fully saturated rings. The van der Waals surface area contributed by atoms with Crippen LogP contribution in [0.5, 0.6) is 0 Å². The Hall–Kier alpha value is -1.62. The van der Waals surface area contributed by atoms with Crippen LogP contribution in [0.4, 0.5) is 0 Å². The SMILES string of the molecule is CC1(C)[C@H]2CC=C(CN3CCCN(C(=O)Cn4cccn4)CC3)[C@@H]1C2. The van der Waals surface area contributed by atoms with Gasteiger partial charge in [-0.05, 0) is 42.6 Å². The number of fused-ring (bicyclic) bond motifs is 1. The smallest absolute Gasteiger partial charge is 0.244 e. The van der Waals surface area contributed by atoms with E-state index in [1.807, 2.05) is 17.2 Å². The zero-order valence-corrected chi connectivity index (χ0v) is 15.5. The fourth-order valence-electron chi connectivity index (χ4n) is 4.93. The number of nitrogens with zero attached hydrogens (tertiary/aromatic N) is 4. The van der Waals surface area contributed by atoms with Crippen LogP contribution >= 0.6 is 0 Å². The van der Waals surface area contributed by atoms with Gasteiger partial charge in [0.2, 0.25) is 5.91 Å². The number of carbonyl (C=O) groups excluding carboxylic acids is 1. The van der Waals surface area contributed by atoms with Crippen LogP contribution in [0.3, 0.4) is 0 Å². The first-order valence-electron chi connectivity index (χ1n) is 9.70. The van der Waals surface area contributed by atoms with E-state index < -0.39 is 0 Å². The van der Waals surface area contributed by atoms with Gasteiger partial charge in [0, 0.05) is 45.1 Å². The van der Waals surface area contributed by atoms with Gasteiger partial charge in [0.05, 0.1) is 0 Å². The minimum atomic E-state index is 0.186. The summed E-state index contributed by atoms with van der Waals surface area (Å²) in [4.78, 5) is 17.1. The van der Waals surface area contributed by atoms with Gasteiger partial charge in [0.15, 0.2) is 0 Å². The summed E-state index contributed by atoms with van der Waals surface area (Å²) in [7, 11) is 0. The third kappa shape index (κ3) is 3.26. The molecule has 1 saturated carbocycles. The van der Waals surface area contributed by atoms with Gasteiger partial charge in [0.25, 0.3) is 0 Å². The average molecular weight is 342 g/mol. The van der Waals surface area contributed by atoms with Crippen LogP contribution in [0, 0.1) is 17.3 Å². The van der Waals surface area contributed by atoms with Gasteiger partial charge >= 0.3 is 0 Å². The van der Waals surface area contributed by atoms with Gasteiger partial charge in [-0.25, -0.2) is 0 Å². The van der Waals surface area contributed by atoms with E-state index in [1.165, 1.54) is 12.8 Å². The molecule has 0 N–H and O–H groups in total. The Morgan fingerprint density at radius 2 is 2.16 bits per heavy atom. The van der Waals surface area contributed by atoms with Gasteiger partial charge < -0.3 is 4.90 Å². The van der Waals surface area contributed by atoms with Crippen molar-refractivity contribution in [1.29, 1.82) is 0 Å². The predicted octanol–water partition coefficient (Wildman–Crippen LogP) is 2.41. The average Bonchev–Trinajstić information content (AvgIpc) is 2.99. The summed E-state index contributed by atoms with van der Waals surface area (Å²) < 4.78 is 1.72. The first-order chi connectivity index (χ1) is 12.0. The topological polar surface area (TPSA) is 41.4 Å². The summed E-state index contributed by atoms with van der Waals surface area (Å²) in [5.74, 6) is 1.87. The molecule has 1 aromatic heterocycles. The molecule has 5 rings (SSSR count). The maximum absolute atomic E-state index is 12.5. The molecule has 25 heavy (non-hydrogen) atoms. The van der Waals surface area contributed by atoms with Crippen LogP contribution in [0.2, 0.25) is 0 Å². The molecule has 1 amide bonds. The quantitative estimate of drug-likeness (QED) is 0.789. The summed E-state index contributed by atoms with van der Waals surface area (Å²) >= 11 is 0. The van der Waals surface area contributed by atoms with Gasteiger partial charge in [-0.2, -0.15) is 5.10 Å². The van der Waals surface area contributed by atoms with Crippen molar-refractivity contribution >= 4 is 5.91 Å². The van der Waals surface area contributed by atoms with Crippen molar-refractivity contribution in [2.45, 2.75) is 39.7 Å². The van der Waals surface area contributed by atoms with E-state index in [9.17, 15) is 4.79 Å². The lowest BCUT2D eigenvalue weighted by Gasteiger charge is -2.57. The molecule has 5 nitrogen and oxygen atoms in total. The molecule has 1 aromatic rings. The van der Waals surface area contributed by atoms with E-state index in [0.29, 0.717) is 12.0 Å². The van der Waals surface area contributed by atoms with Crippen molar-refractivity contribution in [2.75, 3.05) is 32.7 Å². The number of hydrogen-bond donors (Lipinski definition) is 0. The Morgan fingerprint density at radius 3 is 2.88 bits per heavy atom. The van der Waals surface area contributed by atoms with E-state index in [2.05, 4.69) is 29.9 Å². The molecule has 0 unspecified atom stereocenters. The monoisotopic (exact) mass is 342 g/mol. The fraction of sp³-hybridized carbons (Fsp3) is 0.700. The molecule has 2 bridgehead atoms. The maximum atomic E-state index is 12.5. The highest BCUT2D eigenvalue weighted by Crippen LogP contribution is 2.59. The van der Waals surface area contributed by atoms with Gasteiger partial charge in [-0.3, -0.25) is 14.4 Å². The van der Waals surface area contributed by atoms with Crippen LogP contribution in [0.1, 0.15) is 33.1 Å². The summed E-state index contributed by atoms with van der Waals surface area (Å²) in [6.07, 6.45) is 9.81. The summed E-state index contributed by atoms with van der Waals surface area (Å²) in [6.45, 7) is 10.1. The summed E-state index contributed by atoms with van der Waals surface area (Å²) in [6, 6.07) is 1.86. The third-order valence-corrected chi connectivity index (χ3v) is 6.79. The zero-order valence-electron chi connectivity index (χ0n) is 15.5. The van der Waals surface area contributed by atoms with E-state index in [0.717, 1.165) is 51.0 Å². The van der Waals surface area contributed by atoms with Crippen molar-refractivity contribution < 1.29 is 4.79 Å². The number of hydrogen-bond acceptors (Lipinski definition) is 3. The number of carbonyl (C=O) groups is 1. The van der Waals surface area contributed by atoms with Crippen molar-refractivity contribution in [3.63, 3.8) is 0 Å². The Balaban J connectivity index is 1.31. The molecular formula is C20H30N4O. The van der Waals surface area contributed by atoms with E-state index in [-0.39, 0.29) is 5.91 Å². The van der Waals surface area contributed by atoms with E-state index >= 15 is 0 Å². The van der Waals surface area contributed by atoms with E-state index in [1.54, 1.807) is 16.5 Å². The first-order valence-corrected chi connectivity index (χ1v) is 9.70. The number of rotatable bonds is 4. The van der Waals surface area contributed by atoms with E-state index in [4.69, 9.17) is 0 Å². The molecule has 1 saturated heterocycles. The highest BCUT2D eigenvalue weighted by atomic mass is 16.2. The lowest BCUT2D eigenvalue weighted by molar-refractivity contribution is -0.131. The number of aromatic nitrogens is 2. The highest BCUT2D eigenvalue weighted by molar-refractivity contribution is 5.75. The van der Waals surface area contributed by atoms with Crippen LogP contribution in [-0.2, 0) is 11.3 Å². The Morgan fingerprint density at radius 1 is 1.28 bits per heavy atom.